The summed E-state index contributed by atoms with van der Waals surface area (Å²) in [5.74, 6) is -0.246. The van der Waals surface area contributed by atoms with Crippen LogP contribution < -0.4 is 0 Å². The minimum absolute atomic E-state index is 0.176. The van der Waals surface area contributed by atoms with Crippen molar-refractivity contribution in [2.75, 3.05) is 6.73 Å². The molecule has 2 amide bonds. The van der Waals surface area contributed by atoms with Crippen molar-refractivity contribution in [3.63, 3.8) is 0 Å². The van der Waals surface area contributed by atoms with Gasteiger partial charge < -0.3 is 5.11 Å². The van der Waals surface area contributed by atoms with Gasteiger partial charge in [-0.1, -0.05) is 12.2 Å². The van der Waals surface area contributed by atoms with E-state index in [1.54, 1.807) is 0 Å². The predicted octanol–water partition coefficient (Wildman–Crippen LogP) is -0.257. The maximum atomic E-state index is 11.7. The van der Waals surface area contributed by atoms with Gasteiger partial charge in [-0.15, -0.1) is 0 Å². The van der Waals surface area contributed by atoms with Crippen molar-refractivity contribution >= 4 is 11.8 Å². The van der Waals surface area contributed by atoms with Crippen molar-refractivity contribution in [1.29, 1.82) is 0 Å². The second kappa shape index (κ2) is 2.45. The number of hydrogen-bond acceptors (Lipinski definition) is 3. The largest absolute Gasteiger partial charge is 0.376 e. The number of aliphatic hydroxyl groups is 1. The molecule has 2 bridgehead atoms. The third kappa shape index (κ3) is 0.733. The van der Waals surface area contributed by atoms with Crippen LogP contribution in [0.5, 0.6) is 0 Å². The first-order valence-corrected chi connectivity index (χ1v) is 4.88. The molecule has 1 heterocycles. The Morgan fingerprint density at radius 1 is 1.21 bits per heavy atom. The molecule has 2 aliphatic carbocycles. The first-order valence-electron chi connectivity index (χ1n) is 4.88. The molecular weight excluding hydrogens is 182 g/mol. The molecule has 1 N–H and O–H groups in total. The molecule has 4 atom stereocenters. The maximum Gasteiger partial charge on any atom is 0.235 e. The number of nitrogens with zero attached hydrogens (tertiary/aromatic N) is 1. The van der Waals surface area contributed by atoms with Gasteiger partial charge in [0.05, 0.1) is 11.8 Å². The normalized spacial score (nSPS) is 43.9. The van der Waals surface area contributed by atoms with E-state index in [-0.39, 0.29) is 35.5 Å². The van der Waals surface area contributed by atoms with Gasteiger partial charge in [-0.3, -0.25) is 14.5 Å². The topological polar surface area (TPSA) is 57.6 Å². The molecule has 3 rings (SSSR count). The fraction of sp³-hybridized carbons (Fsp3) is 0.600. The molecule has 3 aliphatic rings. The van der Waals surface area contributed by atoms with E-state index in [0.717, 1.165) is 11.3 Å². The average Bonchev–Trinajstić information content (AvgIpc) is 2.80. The van der Waals surface area contributed by atoms with Crippen LogP contribution in [0.4, 0.5) is 0 Å². The van der Waals surface area contributed by atoms with Gasteiger partial charge in [-0.05, 0) is 18.3 Å². The lowest BCUT2D eigenvalue weighted by molar-refractivity contribution is -0.144. The molecule has 74 valence electrons. The van der Waals surface area contributed by atoms with Crippen molar-refractivity contribution in [1.82, 2.24) is 4.90 Å². The Bertz CT molecular complexity index is 319. The molecular formula is C10H11NO3. The van der Waals surface area contributed by atoms with E-state index < -0.39 is 6.73 Å². The van der Waals surface area contributed by atoms with E-state index in [1.807, 2.05) is 12.2 Å². The molecule has 2 unspecified atom stereocenters. The monoisotopic (exact) mass is 193 g/mol. The molecule has 1 saturated heterocycles. The SMILES string of the molecule is O=C1[C@@H]2C3C=CC(C3)[C@@H]2C(=O)N1CO. The van der Waals surface area contributed by atoms with Gasteiger partial charge in [0.1, 0.15) is 6.73 Å². The van der Waals surface area contributed by atoms with Crippen LogP contribution >= 0.6 is 0 Å². The Morgan fingerprint density at radius 3 is 2.14 bits per heavy atom. The standard InChI is InChI=1S/C10H11NO3/c12-4-11-9(13)7-5-1-2-6(3-5)8(7)10(11)14/h1-2,5-8,12H,3-4H2/t5?,6?,7-,8+. The van der Waals surface area contributed by atoms with E-state index >= 15 is 0 Å². The first-order chi connectivity index (χ1) is 6.74. The zero-order chi connectivity index (χ0) is 9.87. The highest BCUT2D eigenvalue weighted by molar-refractivity contribution is 6.06. The van der Waals surface area contributed by atoms with Crippen LogP contribution in [0.2, 0.25) is 0 Å². The molecule has 0 aromatic carbocycles. The number of carbonyl (C=O) groups excluding carboxylic acids is 2. The highest BCUT2D eigenvalue weighted by atomic mass is 16.3. The lowest BCUT2D eigenvalue weighted by atomic mass is 9.85. The summed E-state index contributed by atoms with van der Waals surface area (Å²) >= 11 is 0. The smallest absolute Gasteiger partial charge is 0.235 e. The molecule has 0 aromatic rings. The molecule has 4 nitrogen and oxygen atoms in total. The second-order valence-corrected chi connectivity index (χ2v) is 4.25. The van der Waals surface area contributed by atoms with Crippen molar-refractivity contribution < 1.29 is 14.7 Å². The molecule has 1 saturated carbocycles. The third-order valence-electron chi connectivity index (χ3n) is 3.70. The zero-order valence-electron chi connectivity index (χ0n) is 7.59. The molecule has 4 heteroatoms. The minimum Gasteiger partial charge on any atom is -0.376 e. The molecule has 2 fully saturated rings. The molecule has 14 heavy (non-hydrogen) atoms. The quantitative estimate of drug-likeness (QED) is 0.461. The first kappa shape index (κ1) is 8.17. The van der Waals surface area contributed by atoms with Gasteiger partial charge in [-0.2, -0.15) is 0 Å². The number of amides is 2. The van der Waals surface area contributed by atoms with Gasteiger partial charge in [0.2, 0.25) is 11.8 Å². The number of aliphatic hydroxyl groups excluding tert-OH is 1. The van der Waals surface area contributed by atoms with Gasteiger partial charge in [-0.25, -0.2) is 0 Å². The summed E-state index contributed by atoms with van der Waals surface area (Å²) in [6.07, 6.45) is 5.02. The van der Waals surface area contributed by atoms with E-state index in [4.69, 9.17) is 5.11 Å². The third-order valence-corrected chi connectivity index (χ3v) is 3.70. The molecule has 0 spiro atoms. The summed E-state index contributed by atoms with van der Waals surface area (Å²) in [4.78, 5) is 24.4. The average molecular weight is 193 g/mol. The van der Waals surface area contributed by atoms with Crippen LogP contribution in [0, 0.1) is 23.7 Å². The number of fused-ring (bicyclic) bond motifs is 5. The Hall–Kier alpha value is -1.16. The Morgan fingerprint density at radius 2 is 1.71 bits per heavy atom. The van der Waals surface area contributed by atoms with Crippen molar-refractivity contribution in [3.8, 4) is 0 Å². The Labute approximate surface area is 81.2 Å². The fourth-order valence-electron chi connectivity index (χ4n) is 3.10. The summed E-state index contributed by atoms with van der Waals surface area (Å²) in [5.41, 5.74) is 0. The van der Waals surface area contributed by atoms with Gasteiger partial charge in [0.15, 0.2) is 0 Å². The Balaban J connectivity index is 2.02. The van der Waals surface area contributed by atoms with Crippen LogP contribution in [0.3, 0.4) is 0 Å². The fourth-order valence-corrected chi connectivity index (χ4v) is 3.10. The number of likely N-dealkylation sites (tertiary alicyclic amines) is 1. The second-order valence-electron chi connectivity index (χ2n) is 4.25. The Kier molecular flexibility index (Phi) is 1.43. The van der Waals surface area contributed by atoms with Crippen LogP contribution in [0.15, 0.2) is 12.2 Å². The molecule has 0 aromatic heterocycles. The van der Waals surface area contributed by atoms with E-state index in [9.17, 15) is 9.59 Å². The summed E-state index contributed by atoms with van der Waals surface area (Å²) in [6, 6.07) is 0. The number of carbonyl (C=O) groups is 2. The van der Waals surface area contributed by atoms with Crippen LogP contribution in [0.1, 0.15) is 6.42 Å². The highest BCUT2D eigenvalue weighted by Gasteiger charge is 2.58. The van der Waals surface area contributed by atoms with Gasteiger partial charge in [0, 0.05) is 0 Å². The molecule has 1 aliphatic heterocycles. The highest BCUT2D eigenvalue weighted by Crippen LogP contribution is 2.52. The number of allylic oxidation sites excluding steroid dienone is 2. The van der Waals surface area contributed by atoms with Crippen LogP contribution in [0.25, 0.3) is 0 Å². The van der Waals surface area contributed by atoms with E-state index in [1.165, 1.54) is 0 Å². The summed E-state index contributed by atoms with van der Waals surface area (Å²) in [5, 5.41) is 8.92. The van der Waals surface area contributed by atoms with E-state index in [0.29, 0.717) is 0 Å². The maximum absolute atomic E-state index is 11.7. The zero-order valence-corrected chi connectivity index (χ0v) is 7.59. The van der Waals surface area contributed by atoms with Gasteiger partial charge in [0.25, 0.3) is 0 Å². The molecule has 0 radical (unpaired) electrons. The lowest BCUT2D eigenvalue weighted by Crippen LogP contribution is -2.33. The van der Waals surface area contributed by atoms with Crippen molar-refractivity contribution in [2.45, 2.75) is 6.42 Å². The lowest BCUT2D eigenvalue weighted by Gasteiger charge is -2.14. The van der Waals surface area contributed by atoms with Gasteiger partial charge >= 0.3 is 0 Å². The van der Waals surface area contributed by atoms with Crippen molar-refractivity contribution in [2.24, 2.45) is 23.7 Å². The summed E-state index contributed by atoms with van der Waals surface area (Å²) in [6.45, 7) is -0.468. The van der Waals surface area contributed by atoms with E-state index in [2.05, 4.69) is 0 Å². The summed E-state index contributed by atoms with van der Waals surface area (Å²) < 4.78 is 0. The predicted molar refractivity (Wildman–Crippen MR) is 46.7 cm³/mol. The van der Waals surface area contributed by atoms with Crippen molar-refractivity contribution in [3.05, 3.63) is 12.2 Å². The summed E-state index contributed by atoms with van der Waals surface area (Å²) in [7, 11) is 0. The number of hydrogen-bond donors (Lipinski definition) is 1. The van der Waals surface area contributed by atoms with Crippen LogP contribution in [-0.2, 0) is 9.59 Å². The minimum atomic E-state index is -0.468. The number of imide groups is 1. The van der Waals surface area contributed by atoms with Crippen LogP contribution in [-0.4, -0.2) is 28.6 Å². The number of rotatable bonds is 1.